The van der Waals surface area contributed by atoms with Crippen molar-refractivity contribution in [2.45, 2.75) is 47.0 Å². The quantitative estimate of drug-likeness (QED) is 0.636. The molecule has 1 nitrogen and oxygen atoms in total. The molecular weight excluding hydrogens is 196 g/mol. The Bertz CT molecular complexity index is 297. The minimum absolute atomic E-state index is 0.145. The summed E-state index contributed by atoms with van der Waals surface area (Å²) in [5.41, 5.74) is 1.71. The molecule has 0 aromatic heterocycles. The van der Waals surface area contributed by atoms with E-state index in [0.717, 1.165) is 19.1 Å². The topological polar surface area (TPSA) is 17.1 Å². The first-order valence-electron chi connectivity index (χ1n) is 6.32. The fraction of sp³-hybridized carbons (Fsp3) is 0.667. The van der Waals surface area contributed by atoms with E-state index in [1.807, 2.05) is 6.92 Å². The van der Waals surface area contributed by atoms with Crippen molar-refractivity contribution in [1.82, 2.24) is 0 Å². The molecule has 0 radical (unpaired) electrons. The van der Waals surface area contributed by atoms with E-state index in [2.05, 4.69) is 39.0 Å². The van der Waals surface area contributed by atoms with E-state index in [1.165, 1.54) is 12.0 Å². The summed E-state index contributed by atoms with van der Waals surface area (Å²) >= 11 is 0. The van der Waals surface area contributed by atoms with Gasteiger partial charge in [0.25, 0.3) is 0 Å². The Labute approximate surface area is 99.6 Å². The molecule has 1 heteroatoms. The average Bonchev–Trinajstić information content (AvgIpc) is 2.29. The summed E-state index contributed by atoms with van der Waals surface area (Å²) in [6, 6.07) is 0. The van der Waals surface area contributed by atoms with E-state index in [9.17, 15) is 4.79 Å². The van der Waals surface area contributed by atoms with Gasteiger partial charge in [-0.3, -0.25) is 0 Å². The van der Waals surface area contributed by atoms with E-state index in [4.69, 9.17) is 0 Å². The molecule has 90 valence electrons. The maximum Gasteiger partial charge on any atom is 0.123 e. The minimum atomic E-state index is 0.145. The minimum Gasteiger partial charge on any atom is -0.303 e. The van der Waals surface area contributed by atoms with Crippen molar-refractivity contribution in [3.8, 4) is 0 Å². The van der Waals surface area contributed by atoms with Crippen LogP contribution in [0.5, 0.6) is 0 Å². The highest BCUT2D eigenvalue weighted by molar-refractivity contribution is 5.54. The Kier molecular flexibility index (Phi) is 4.52. The number of rotatable bonds is 5. The van der Waals surface area contributed by atoms with Gasteiger partial charge in [-0.05, 0) is 24.2 Å². The monoisotopic (exact) mass is 220 g/mol. The molecule has 2 atom stereocenters. The van der Waals surface area contributed by atoms with Crippen molar-refractivity contribution in [2.75, 3.05) is 0 Å². The van der Waals surface area contributed by atoms with E-state index in [1.54, 1.807) is 0 Å². The molecule has 0 N–H and O–H groups in total. The molecule has 1 aliphatic rings. The lowest BCUT2D eigenvalue weighted by atomic mass is 9.73. The van der Waals surface area contributed by atoms with Crippen molar-refractivity contribution in [1.29, 1.82) is 0 Å². The van der Waals surface area contributed by atoms with Gasteiger partial charge >= 0.3 is 0 Å². The second-order valence-electron chi connectivity index (χ2n) is 5.64. The molecule has 0 aromatic rings. The zero-order valence-corrected chi connectivity index (χ0v) is 11.0. The Morgan fingerprint density at radius 3 is 2.69 bits per heavy atom. The second kappa shape index (κ2) is 5.47. The number of allylic oxidation sites excluding steroid dienone is 4. The van der Waals surface area contributed by atoms with Crippen LogP contribution in [0.25, 0.3) is 0 Å². The van der Waals surface area contributed by atoms with Crippen LogP contribution >= 0.6 is 0 Å². The Morgan fingerprint density at radius 2 is 2.25 bits per heavy atom. The molecule has 1 rings (SSSR count). The highest BCUT2D eigenvalue weighted by atomic mass is 16.1. The average molecular weight is 220 g/mol. The van der Waals surface area contributed by atoms with Crippen LogP contribution in [-0.2, 0) is 4.79 Å². The molecule has 0 saturated carbocycles. The third-order valence-electron chi connectivity index (χ3n) is 3.88. The second-order valence-corrected chi connectivity index (χ2v) is 5.64. The lowest BCUT2D eigenvalue weighted by molar-refractivity contribution is -0.110. The van der Waals surface area contributed by atoms with Gasteiger partial charge in [-0.1, -0.05) is 57.9 Å². The largest absolute Gasteiger partial charge is 0.303 e. The summed E-state index contributed by atoms with van der Waals surface area (Å²) in [7, 11) is 0. The number of hydrogen-bond acceptors (Lipinski definition) is 1. The summed E-state index contributed by atoms with van der Waals surface area (Å²) in [6.07, 6.45) is 11.1. The van der Waals surface area contributed by atoms with E-state index in [0.29, 0.717) is 11.3 Å². The van der Waals surface area contributed by atoms with Gasteiger partial charge < -0.3 is 4.79 Å². The highest BCUT2D eigenvalue weighted by Gasteiger charge is 2.26. The van der Waals surface area contributed by atoms with Crippen molar-refractivity contribution in [3.05, 3.63) is 23.8 Å². The van der Waals surface area contributed by atoms with Crippen LogP contribution in [-0.4, -0.2) is 6.29 Å². The maximum atomic E-state index is 10.6. The predicted octanol–water partition coefficient (Wildman–Crippen LogP) is 4.15. The summed E-state index contributed by atoms with van der Waals surface area (Å²) in [5.74, 6) is 0.791. The van der Waals surface area contributed by atoms with Gasteiger partial charge in [-0.25, -0.2) is 0 Å². The Hall–Kier alpha value is -0.850. The third-order valence-corrected chi connectivity index (χ3v) is 3.88. The maximum absolute atomic E-state index is 10.6. The van der Waals surface area contributed by atoms with Crippen molar-refractivity contribution >= 4 is 6.29 Å². The zero-order valence-electron chi connectivity index (χ0n) is 11.0. The first kappa shape index (κ1) is 13.2. The van der Waals surface area contributed by atoms with Gasteiger partial charge in [0.15, 0.2) is 0 Å². The lowest BCUT2D eigenvalue weighted by Gasteiger charge is -2.32. The van der Waals surface area contributed by atoms with E-state index in [-0.39, 0.29) is 5.92 Å². The molecule has 0 aromatic carbocycles. The predicted molar refractivity (Wildman–Crippen MR) is 69.2 cm³/mol. The van der Waals surface area contributed by atoms with E-state index >= 15 is 0 Å². The molecule has 0 bridgehead atoms. The van der Waals surface area contributed by atoms with Gasteiger partial charge in [0.05, 0.1) is 0 Å². The molecular formula is C15H24O. The number of carbonyl (C=O) groups is 1. The number of hydrogen-bond donors (Lipinski definition) is 0. The van der Waals surface area contributed by atoms with Gasteiger partial charge in [-0.15, -0.1) is 0 Å². The standard InChI is InChI=1S/C15H24O/c1-5-15(3,4)14-8-6-13(7-9-14)10-12(2)11-16/h6-8,11-12,14H,5,9-10H2,1-4H3. The summed E-state index contributed by atoms with van der Waals surface area (Å²) < 4.78 is 0. The smallest absolute Gasteiger partial charge is 0.123 e. The van der Waals surface area contributed by atoms with Crippen LogP contribution in [0.2, 0.25) is 0 Å². The normalized spacial score (nSPS) is 22.8. The molecule has 2 unspecified atom stereocenters. The molecule has 0 spiro atoms. The molecule has 0 fully saturated rings. The number of carbonyl (C=O) groups excluding carboxylic acids is 1. The Morgan fingerprint density at radius 1 is 1.56 bits per heavy atom. The van der Waals surface area contributed by atoms with Gasteiger partial charge in [-0.2, -0.15) is 0 Å². The SMILES string of the molecule is CCC(C)(C)C1C=CC(CC(C)C=O)=CC1. The van der Waals surface area contributed by atoms with Crippen LogP contribution in [0.3, 0.4) is 0 Å². The van der Waals surface area contributed by atoms with Crippen molar-refractivity contribution in [2.24, 2.45) is 17.3 Å². The summed E-state index contributed by atoms with van der Waals surface area (Å²) in [5, 5.41) is 0. The number of aldehydes is 1. The molecule has 1 aliphatic carbocycles. The molecule has 0 heterocycles. The fourth-order valence-corrected chi connectivity index (χ4v) is 2.08. The molecule has 0 aliphatic heterocycles. The van der Waals surface area contributed by atoms with Crippen LogP contribution in [0, 0.1) is 17.3 Å². The highest BCUT2D eigenvalue weighted by Crippen LogP contribution is 2.37. The lowest BCUT2D eigenvalue weighted by Crippen LogP contribution is -2.22. The van der Waals surface area contributed by atoms with E-state index < -0.39 is 0 Å². The Balaban J connectivity index is 2.56. The first-order chi connectivity index (χ1) is 7.49. The molecule has 0 amide bonds. The molecule has 16 heavy (non-hydrogen) atoms. The van der Waals surface area contributed by atoms with Crippen LogP contribution in [0.15, 0.2) is 23.8 Å². The van der Waals surface area contributed by atoms with Crippen LogP contribution < -0.4 is 0 Å². The fourth-order valence-electron chi connectivity index (χ4n) is 2.08. The third kappa shape index (κ3) is 3.33. The van der Waals surface area contributed by atoms with Gasteiger partial charge in [0.2, 0.25) is 0 Å². The van der Waals surface area contributed by atoms with Crippen LogP contribution in [0.1, 0.15) is 47.0 Å². The first-order valence-corrected chi connectivity index (χ1v) is 6.32. The summed E-state index contributed by atoms with van der Waals surface area (Å²) in [6.45, 7) is 8.88. The van der Waals surface area contributed by atoms with Crippen molar-refractivity contribution < 1.29 is 4.79 Å². The summed E-state index contributed by atoms with van der Waals surface area (Å²) in [4.78, 5) is 10.6. The van der Waals surface area contributed by atoms with Crippen molar-refractivity contribution in [3.63, 3.8) is 0 Å². The van der Waals surface area contributed by atoms with Gasteiger partial charge in [0.1, 0.15) is 6.29 Å². The zero-order chi connectivity index (χ0) is 12.2. The van der Waals surface area contributed by atoms with Gasteiger partial charge in [0, 0.05) is 5.92 Å². The van der Waals surface area contributed by atoms with Crippen LogP contribution in [0.4, 0.5) is 0 Å². The molecule has 0 saturated heterocycles.